The van der Waals surface area contributed by atoms with Crippen LogP contribution in [0.2, 0.25) is 0 Å². The molecule has 1 aromatic heterocycles. The van der Waals surface area contributed by atoms with E-state index in [1.807, 2.05) is 200 Å². The Balaban J connectivity index is -0.000000451. The number of pyridine rings is 1. The maximum Gasteiger partial charge on any atom is 0.253 e. The van der Waals surface area contributed by atoms with Crippen molar-refractivity contribution in [2.45, 2.75) is 262 Å². The Morgan fingerprint density at radius 1 is 0.471 bits per heavy atom. The van der Waals surface area contributed by atoms with Gasteiger partial charge in [-0.05, 0) is 188 Å². The van der Waals surface area contributed by atoms with Crippen molar-refractivity contribution in [1.82, 2.24) is 42.2 Å². The summed E-state index contributed by atoms with van der Waals surface area (Å²) in [5.41, 5.74) is 1.30. The van der Waals surface area contributed by atoms with Crippen molar-refractivity contribution in [1.29, 1.82) is 5.26 Å². The molecule has 0 fully saturated rings. The number of rotatable bonds is 15. The van der Waals surface area contributed by atoms with Gasteiger partial charge in [0.05, 0.1) is 18.1 Å². The molecule has 0 aliphatic heterocycles. The molecule has 85 heavy (non-hydrogen) atoms. The molecular formula is C69H113N9O7. The van der Waals surface area contributed by atoms with Crippen LogP contribution in [0.5, 0.6) is 0 Å². The molecule has 2 aromatic carbocycles. The second-order valence-electron chi connectivity index (χ2n) is 27.3. The highest BCUT2D eigenvalue weighted by molar-refractivity contribution is 5.95. The molecule has 0 spiro atoms. The van der Waals surface area contributed by atoms with E-state index < -0.39 is 0 Å². The largest absolute Gasteiger partial charge is 0.352 e. The molecule has 0 radical (unpaired) electrons. The average Bonchev–Trinajstić information content (AvgIpc) is 3.45. The lowest BCUT2D eigenvalue weighted by Gasteiger charge is -2.20. The predicted molar refractivity (Wildman–Crippen MR) is 351 cm³/mol. The Morgan fingerprint density at radius 2 is 0.824 bits per heavy atom. The number of hydrogen-bond acceptors (Lipinski definition) is 9. The van der Waals surface area contributed by atoms with Crippen LogP contribution < -0.4 is 37.2 Å². The standard InChI is InChI=1S/C12H17NO.C11H15NO.C10H14N2O.C10H21NO.C9H17NO.C9H15NO.C8H14N2O/c1-12(2,3)13-11(14)9-10-7-5-4-6-8-10;1-11(2,3)12-10(13)9-7-5-4-6-8-9;1-10(2,3)12-9(13)8-5-4-6-11-7-8;1-5-6-7-8-9(12)11-10(2,3)4;2*1-5-6-7-8(11)10-9(2,3)4;1-8(2,3)10-7(11)5-4-6-9/h4-8H,9H2,1-3H3,(H,13,14);4-8H,1-3H3,(H,12,13);4-7H,1-3H3,(H,12,13);5-8H2,1-4H3,(H,11,12);5H,1,6-7H2,2-4H3,(H,10,11);1H,6-7H2,2-4H3,(H,10,11);4-5H2,1-3H3,(H,10,11). The predicted octanol–water partition coefficient (Wildman–Crippen LogP) is 12.8. The van der Waals surface area contributed by atoms with Gasteiger partial charge in [-0.2, -0.15) is 5.26 Å². The van der Waals surface area contributed by atoms with Gasteiger partial charge < -0.3 is 37.2 Å². The number of terminal acetylenes is 1. The summed E-state index contributed by atoms with van der Waals surface area (Å²) in [5, 5.41) is 28.3. The van der Waals surface area contributed by atoms with Crippen LogP contribution in [0.15, 0.2) is 97.8 Å². The monoisotopic (exact) mass is 1180 g/mol. The minimum absolute atomic E-state index is 0.0203. The van der Waals surface area contributed by atoms with Crippen molar-refractivity contribution >= 4 is 41.4 Å². The first-order valence-electron chi connectivity index (χ1n) is 29.4. The van der Waals surface area contributed by atoms with Crippen LogP contribution in [0.4, 0.5) is 0 Å². The number of benzene rings is 2. The van der Waals surface area contributed by atoms with Crippen LogP contribution in [-0.4, -0.2) is 85.1 Å². The van der Waals surface area contributed by atoms with Crippen molar-refractivity contribution in [3.8, 4) is 18.4 Å². The Labute approximate surface area is 514 Å². The zero-order valence-electron chi connectivity index (χ0n) is 56.5. The summed E-state index contributed by atoms with van der Waals surface area (Å²) in [6.07, 6.45) is 17.3. The lowest BCUT2D eigenvalue weighted by molar-refractivity contribution is -0.123. The first-order chi connectivity index (χ1) is 38.8. The SMILES string of the molecule is C#CCCC(=O)NC(C)(C)C.C=CCCC(=O)NC(C)(C)C.CC(C)(C)NC(=O)CCC#N.CC(C)(C)NC(=O)Cc1ccccc1.CC(C)(C)NC(=O)c1ccccc1.CC(C)(C)NC(=O)c1cccnc1.CCCCCC(=O)NC(C)(C)C. The van der Waals surface area contributed by atoms with Gasteiger partial charge in [-0.1, -0.05) is 74.4 Å². The van der Waals surface area contributed by atoms with Crippen molar-refractivity contribution < 1.29 is 33.6 Å². The number of nitrogens with zero attached hydrogens (tertiary/aromatic N) is 2. The van der Waals surface area contributed by atoms with E-state index in [9.17, 15) is 33.6 Å². The van der Waals surface area contributed by atoms with Crippen molar-refractivity contribution in [2.24, 2.45) is 0 Å². The van der Waals surface area contributed by atoms with Crippen LogP contribution in [0.25, 0.3) is 0 Å². The third kappa shape index (κ3) is 65.7. The van der Waals surface area contributed by atoms with Gasteiger partial charge in [0.2, 0.25) is 29.5 Å². The minimum atomic E-state index is -0.201. The zero-order chi connectivity index (χ0) is 66.7. The highest BCUT2D eigenvalue weighted by Crippen LogP contribution is 2.08. The number of allylic oxidation sites excluding steroid dienone is 1. The molecule has 3 aromatic rings. The molecule has 0 saturated heterocycles. The van der Waals surface area contributed by atoms with Crippen LogP contribution in [0, 0.1) is 23.7 Å². The molecule has 476 valence electrons. The van der Waals surface area contributed by atoms with Gasteiger partial charge in [0.1, 0.15) is 0 Å². The molecule has 1 heterocycles. The molecule has 16 nitrogen and oxygen atoms in total. The number of aromatic nitrogens is 1. The van der Waals surface area contributed by atoms with Crippen LogP contribution in [-0.2, 0) is 30.4 Å². The summed E-state index contributed by atoms with van der Waals surface area (Å²) in [5.74, 6) is 2.63. The van der Waals surface area contributed by atoms with Crippen LogP contribution in [0.1, 0.15) is 243 Å². The normalized spacial score (nSPS) is 10.9. The van der Waals surface area contributed by atoms with Gasteiger partial charge in [-0.25, -0.2) is 0 Å². The third-order valence-corrected chi connectivity index (χ3v) is 9.26. The second kappa shape index (κ2) is 43.3. The van der Waals surface area contributed by atoms with E-state index in [2.05, 4.69) is 61.6 Å². The molecule has 7 N–H and O–H groups in total. The Kier molecular flexibility index (Phi) is 42.9. The molecule has 3 rings (SSSR count). The Bertz CT molecular complexity index is 2350. The van der Waals surface area contributed by atoms with Gasteiger partial charge in [0.25, 0.3) is 11.8 Å². The summed E-state index contributed by atoms with van der Waals surface area (Å²) in [6, 6.07) is 24.4. The number of hydrogen-bond donors (Lipinski definition) is 7. The summed E-state index contributed by atoms with van der Waals surface area (Å²) >= 11 is 0. The first-order valence-corrected chi connectivity index (χ1v) is 29.4. The number of carbonyl (C=O) groups excluding carboxylic acids is 7. The minimum Gasteiger partial charge on any atom is -0.352 e. The van der Waals surface area contributed by atoms with Crippen molar-refractivity contribution in [3.05, 3.63) is 115 Å². The molecule has 7 amide bonds. The fraction of sp³-hybridized carbons (Fsp3) is 0.580. The van der Waals surface area contributed by atoms with E-state index in [-0.39, 0.29) is 80.1 Å². The van der Waals surface area contributed by atoms with E-state index in [0.29, 0.717) is 56.1 Å². The highest BCUT2D eigenvalue weighted by Gasteiger charge is 2.18. The molecular weight excluding hydrogens is 1070 g/mol. The van der Waals surface area contributed by atoms with Gasteiger partial charge in [0, 0.05) is 95.3 Å². The van der Waals surface area contributed by atoms with Gasteiger partial charge >= 0.3 is 0 Å². The van der Waals surface area contributed by atoms with Gasteiger partial charge in [0.15, 0.2) is 0 Å². The first kappa shape index (κ1) is 84.1. The van der Waals surface area contributed by atoms with Crippen LogP contribution in [0.3, 0.4) is 0 Å². The van der Waals surface area contributed by atoms with E-state index in [1.54, 1.807) is 42.7 Å². The maximum atomic E-state index is 11.5. The fourth-order valence-corrected chi connectivity index (χ4v) is 6.20. The van der Waals surface area contributed by atoms with E-state index in [0.717, 1.165) is 24.8 Å². The Morgan fingerprint density at radius 3 is 1.18 bits per heavy atom. The number of amides is 7. The van der Waals surface area contributed by atoms with E-state index >= 15 is 0 Å². The van der Waals surface area contributed by atoms with E-state index in [4.69, 9.17) is 11.7 Å². The van der Waals surface area contributed by atoms with Gasteiger partial charge in [-0.3, -0.25) is 38.5 Å². The molecule has 0 atom stereocenters. The molecule has 16 heteroatoms. The zero-order valence-corrected chi connectivity index (χ0v) is 56.5. The lowest BCUT2D eigenvalue weighted by atomic mass is 10.1. The van der Waals surface area contributed by atoms with Crippen LogP contribution >= 0.6 is 0 Å². The second-order valence-corrected chi connectivity index (χ2v) is 27.3. The van der Waals surface area contributed by atoms with Crippen molar-refractivity contribution in [2.75, 3.05) is 0 Å². The molecule has 0 saturated carbocycles. The Hall–Kier alpha value is -7.33. The number of nitriles is 1. The fourth-order valence-electron chi connectivity index (χ4n) is 6.20. The van der Waals surface area contributed by atoms with Gasteiger partial charge in [-0.15, -0.1) is 18.9 Å². The molecule has 0 unspecified atom stereocenters. The number of carbonyl (C=O) groups is 7. The summed E-state index contributed by atoms with van der Waals surface area (Å²) in [6.45, 7) is 46.9. The number of unbranched alkanes of at least 4 members (excludes halogenated alkanes) is 2. The van der Waals surface area contributed by atoms with E-state index in [1.165, 1.54) is 6.42 Å². The average molecular weight is 1180 g/mol. The summed E-state index contributed by atoms with van der Waals surface area (Å²) in [4.78, 5) is 82.7. The summed E-state index contributed by atoms with van der Waals surface area (Å²) in [7, 11) is 0. The van der Waals surface area contributed by atoms with Crippen molar-refractivity contribution in [3.63, 3.8) is 0 Å². The molecule has 0 bridgehead atoms. The highest BCUT2D eigenvalue weighted by atomic mass is 16.2. The molecule has 0 aliphatic carbocycles. The maximum absolute atomic E-state index is 11.5. The number of nitrogens with one attached hydrogen (secondary N) is 7. The molecule has 0 aliphatic rings. The quantitative estimate of drug-likeness (QED) is 0.0434. The third-order valence-electron chi connectivity index (χ3n) is 9.26. The smallest absolute Gasteiger partial charge is 0.253 e. The summed E-state index contributed by atoms with van der Waals surface area (Å²) < 4.78 is 0. The topological polar surface area (TPSA) is 240 Å². The lowest BCUT2D eigenvalue weighted by Crippen LogP contribution is -2.41.